The molecular formula is C10H12ClNO. The maximum Gasteiger partial charge on any atom is 0.129 e. The van der Waals surface area contributed by atoms with E-state index < -0.39 is 0 Å². The third kappa shape index (κ3) is 2.42. The number of halogens is 1. The third-order valence-corrected chi connectivity index (χ3v) is 2.50. The number of pyridine rings is 1. The molecule has 1 fully saturated rings. The number of hydrogen-bond donors (Lipinski definition) is 0. The molecule has 2 nitrogen and oxygen atoms in total. The van der Waals surface area contributed by atoms with Crippen molar-refractivity contribution < 1.29 is 4.74 Å². The van der Waals surface area contributed by atoms with Gasteiger partial charge in [0.25, 0.3) is 0 Å². The van der Waals surface area contributed by atoms with E-state index in [0.717, 1.165) is 13.0 Å². The van der Waals surface area contributed by atoms with E-state index in [1.54, 1.807) is 0 Å². The topological polar surface area (TPSA) is 22.1 Å². The summed E-state index contributed by atoms with van der Waals surface area (Å²) in [6, 6.07) is 3.84. The van der Waals surface area contributed by atoms with E-state index in [1.165, 1.54) is 18.4 Å². The van der Waals surface area contributed by atoms with Gasteiger partial charge in [0, 0.05) is 19.2 Å². The first kappa shape index (κ1) is 8.97. The van der Waals surface area contributed by atoms with Crippen LogP contribution >= 0.6 is 11.6 Å². The van der Waals surface area contributed by atoms with E-state index in [4.69, 9.17) is 16.3 Å². The zero-order valence-electron chi connectivity index (χ0n) is 7.37. The average molecular weight is 198 g/mol. The van der Waals surface area contributed by atoms with Crippen molar-refractivity contribution in [1.82, 2.24) is 4.98 Å². The minimum atomic E-state index is 0.392. The fourth-order valence-corrected chi connectivity index (χ4v) is 1.71. The molecule has 1 aliphatic rings. The molecule has 1 atom stereocenters. The van der Waals surface area contributed by atoms with Gasteiger partial charge in [-0.2, -0.15) is 0 Å². The van der Waals surface area contributed by atoms with E-state index in [9.17, 15) is 0 Å². The monoisotopic (exact) mass is 197 g/mol. The lowest BCUT2D eigenvalue weighted by Gasteiger charge is -2.08. The van der Waals surface area contributed by atoms with Crippen LogP contribution in [0.4, 0.5) is 0 Å². The summed E-state index contributed by atoms with van der Waals surface area (Å²) in [5.74, 6) is 0. The molecule has 0 radical (unpaired) electrons. The van der Waals surface area contributed by atoms with Gasteiger partial charge in [0.2, 0.25) is 0 Å². The quantitative estimate of drug-likeness (QED) is 0.680. The van der Waals surface area contributed by atoms with Crippen molar-refractivity contribution in [2.45, 2.75) is 25.4 Å². The molecule has 0 aromatic carbocycles. The molecule has 2 heterocycles. The number of nitrogens with zero attached hydrogens (tertiary/aromatic N) is 1. The number of rotatable bonds is 2. The van der Waals surface area contributed by atoms with Gasteiger partial charge in [-0.05, 0) is 24.5 Å². The van der Waals surface area contributed by atoms with E-state index in [2.05, 4.69) is 4.98 Å². The zero-order valence-corrected chi connectivity index (χ0v) is 8.13. The van der Waals surface area contributed by atoms with Crippen LogP contribution in [0.5, 0.6) is 0 Å². The van der Waals surface area contributed by atoms with Crippen LogP contribution in [-0.2, 0) is 11.2 Å². The fraction of sp³-hybridized carbons (Fsp3) is 0.500. The SMILES string of the molecule is Clc1ccc(CC2CCCO2)cn1. The highest BCUT2D eigenvalue weighted by Gasteiger charge is 2.15. The Morgan fingerprint density at radius 2 is 2.46 bits per heavy atom. The lowest BCUT2D eigenvalue weighted by Crippen LogP contribution is -2.08. The maximum atomic E-state index is 5.69. The predicted octanol–water partition coefficient (Wildman–Crippen LogP) is 2.46. The Bertz CT molecular complexity index is 267. The van der Waals surface area contributed by atoms with Crippen LogP contribution in [0.2, 0.25) is 5.15 Å². The maximum absolute atomic E-state index is 5.69. The molecule has 2 rings (SSSR count). The Morgan fingerprint density at radius 3 is 3.08 bits per heavy atom. The summed E-state index contributed by atoms with van der Waals surface area (Å²) in [6.07, 6.45) is 5.53. The summed E-state index contributed by atoms with van der Waals surface area (Å²) in [5.41, 5.74) is 1.20. The first-order valence-electron chi connectivity index (χ1n) is 4.56. The average Bonchev–Trinajstić information content (AvgIpc) is 2.62. The Morgan fingerprint density at radius 1 is 1.54 bits per heavy atom. The van der Waals surface area contributed by atoms with Crippen molar-refractivity contribution in [3.8, 4) is 0 Å². The zero-order chi connectivity index (χ0) is 9.10. The smallest absolute Gasteiger partial charge is 0.129 e. The number of hydrogen-bond acceptors (Lipinski definition) is 2. The summed E-state index contributed by atoms with van der Waals surface area (Å²) >= 11 is 5.69. The van der Waals surface area contributed by atoms with Crippen molar-refractivity contribution >= 4 is 11.6 Å². The highest BCUT2D eigenvalue weighted by atomic mass is 35.5. The van der Waals surface area contributed by atoms with Gasteiger partial charge in [-0.3, -0.25) is 0 Å². The standard InChI is InChI=1S/C10H12ClNO/c11-10-4-3-8(7-12-10)6-9-2-1-5-13-9/h3-4,7,9H,1-2,5-6H2. The molecule has 0 saturated carbocycles. The summed E-state index contributed by atoms with van der Waals surface area (Å²) < 4.78 is 5.53. The Balaban J connectivity index is 1.97. The van der Waals surface area contributed by atoms with E-state index in [0.29, 0.717) is 11.3 Å². The first-order chi connectivity index (χ1) is 6.34. The Labute approximate surface area is 82.9 Å². The van der Waals surface area contributed by atoms with E-state index >= 15 is 0 Å². The lowest BCUT2D eigenvalue weighted by atomic mass is 10.1. The molecule has 13 heavy (non-hydrogen) atoms. The third-order valence-electron chi connectivity index (χ3n) is 2.28. The number of aromatic nitrogens is 1. The molecule has 1 saturated heterocycles. The van der Waals surface area contributed by atoms with E-state index in [1.807, 2.05) is 18.3 Å². The van der Waals surface area contributed by atoms with Crippen molar-refractivity contribution in [2.24, 2.45) is 0 Å². The van der Waals surface area contributed by atoms with Crippen LogP contribution in [-0.4, -0.2) is 17.7 Å². The molecule has 1 aromatic rings. The lowest BCUT2D eigenvalue weighted by molar-refractivity contribution is 0.111. The second kappa shape index (κ2) is 4.07. The number of ether oxygens (including phenoxy) is 1. The van der Waals surface area contributed by atoms with Crippen molar-refractivity contribution in [3.05, 3.63) is 29.0 Å². The van der Waals surface area contributed by atoms with Gasteiger partial charge in [0.15, 0.2) is 0 Å². The van der Waals surface area contributed by atoms with Crippen LogP contribution in [0.1, 0.15) is 18.4 Å². The summed E-state index contributed by atoms with van der Waals surface area (Å²) in [4.78, 5) is 4.03. The minimum absolute atomic E-state index is 0.392. The molecule has 0 aliphatic carbocycles. The van der Waals surface area contributed by atoms with Crippen LogP contribution < -0.4 is 0 Å². The van der Waals surface area contributed by atoms with Crippen LogP contribution in [0.3, 0.4) is 0 Å². The molecule has 70 valence electrons. The minimum Gasteiger partial charge on any atom is -0.378 e. The van der Waals surface area contributed by atoms with Gasteiger partial charge in [0.05, 0.1) is 6.10 Å². The molecule has 0 N–H and O–H groups in total. The van der Waals surface area contributed by atoms with Gasteiger partial charge in [-0.1, -0.05) is 17.7 Å². The Kier molecular flexibility index (Phi) is 2.81. The van der Waals surface area contributed by atoms with Gasteiger partial charge in [0.1, 0.15) is 5.15 Å². The molecule has 1 aromatic heterocycles. The van der Waals surface area contributed by atoms with Crippen LogP contribution in [0.15, 0.2) is 18.3 Å². The van der Waals surface area contributed by atoms with Crippen molar-refractivity contribution in [2.75, 3.05) is 6.61 Å². The van der Waals surface area contributed by atoms with Crippen LogP contribution in [0.25, 0.3) is 0 Å². The normalized spacial score (nSPS) is 22.1. The molecule has 0 bridgehead atoms. The van der Waals surface area contributed by atoms with Crippen molar-refractivity contribution in [3.63, 3.8) is 0 Å². The molecule has 0 amide bonds. The second-order valence-corrected chi connectivity index (χ2v) is 3.72. The summed E-state index contributed by atoms with van der Waals surface area (Å²) in [6.45, 7) is 0.908. The molecular weight excluding hydrogens is 186 g/mol. The predicted molar refractivity (Wildman–Crippen MR) is 51.9 cm³/mol. The van der Waals surface area contributed by atoms with Gasteiger partial charge >= 0.3 is 0 Å². The Hall–Kier alpha value is -0.600. The highest BCUT2D eigenvalue weighted by molar-refractivity contribution is 6.29. The van der Waals surface area contributed by atoms with E-state index in [-0.39, 0.29) is 0 Å². The van der Waals surface area contributed by atoms with Crippen LogP contribution in [0, 0.1) is 0 Å². The molecule has 3 heteroatoms. The van der Waals surface area contributed by atoms with Gasteiger partial charge in [-0.25, -0.2) is 4.98 Å². The van der Waals surface area contributed by atoms with Gasteiger partial charge < -0.3 is 4.74 Å². The molecule has 1 unspecified atom stereocenters. The molecule has 1 aliphatic heterocycles. The second-order valence-electron chi connectivity index (χ2n) is 3.33. The van der Waals surface area contributed by atoms with Crippen molar-refractivity contribution in [1.29, 1.82) is 0 Å². The highest BCUT2D eigenvalue weighted by Crippen LogP contribution is 2.17. The van der Waals surface area contributed by atoms with Gasteiger partial charge in [-0.15, -0.1) is 0 Å². The summed E-state index contributed by atoms with van der Waals surface area (Å²) in [7, 11) is 0. The fourth-order valence-electron chi connectivity index (χ4n) is 1.60. The molecule has 0 spiro atoms. The largest absolute Gasteiger partial charge is 0.378 e. The first-order valence-corrected chi connectivity index (χ1v) is 4.94. The summed E-state index contributed by atoms with van der Waals surface area (Å²) in [5, 5.41) is 0.552.